The number of methoxy groups -OCH3 is 1. The van der Waals surface area contributed by atoms with Crippen LogP contribution in [0.3, 0.4) is 0 Å². The third-order valence-electron chi connectivity index (χ3n) is 2.80. The van der Waals surface area contributed by atoms with Gasteiger partial charge in [0, 0.05) is 13.1 Å². The van der Waals surface area contributed by atoms with E-state index in [2.05, 4.69) is 5.32 Å². The molecule has 1 heterocycles. The van der Waals surface area contributed by atoms with Gasteiger partial charge in [-0.1, -0.05) is 6.07 Å². The molecule has 4 heteroatoms. The van der Waals surface area contributed by atoms with Crippen molar-refractivity contribution in [1.29, 1.82) is 0 Å². The molecule has 1 unspecified atom stereocenters. The Balaban J connectivity index is 2.39. The summed E-state index contributed by atoms with van der Waals surface area (Å²) in [6.07, 6.45) is -0.261. The molecular formula is C12H16FNO2. The Kier molecular flexibility index (Phi) is 3.41. The van der Waals surface area contributed by atoms with Crippen molar-refractivity contribution in [1.82, 2.24) is 5.32 Å². The van der Waals surface area contributed by atoms with E-state index in [1.165, 1.54) is 0 Å². The lowest BCUT2D eigenvalue weighted by atomic mass is 10.0. The normalized spacial score (nSPS) is 20.8. The summed E-state index contributed by atoms with van der Waals surface area (Å²) in [7, 11) is 1.55. The summed E-state index contributed by atoms with van der Waals surface area (Å²) in [6, 6.07) is 3.50. The van der Waals surface area contributed by atoms with E-state index in [0.717, 1.165) is 6.54 Å². The molecule has 1 aromatic carbocycles. The second-order valence-electron chi connectivity index (χ2n) is 3.88. The third kappa shape index (κ3) is 2.03. The molecule has 1 aliphatic rings. The van der Waals surface area contributed by atoms with Gasteiger partial charge >= 0.3 is 0 Å². The highest BCUT2D eigenvalue weighted by Crippen LogP contribution is 2.32. The number of aryl methyl sites for hydroxylation is 1. The molecule has 1 N–H and O–H groups in total. The van der Waals surface area contributed by atoms with Crippen LogP contribution in [0.4, 0.5) is 4.39 Å². The van der Waals surface area contributed by atoms with Crippen molar-refractivity contribution < 1.29 is 13.9 Å². The van der Waals surface area contributed by atoms with Gasteiger partial charge in [0.1, 0.15) is 17.7 Å². The predicted molar refractivity (Wildman–Crippen MR) is 59.3 cm³/mol. The fourth-order valence-corrected chi connectivity index (χ4v) is 1.91. The van der Waals surface area contributed by atoms with Crippen LogP contribution >= 0.6 is 0 Å². The zero-order valence-corrected chi connectivity index (χ0v) is 9.55. The first kappa shape index (κ1) is 11.4. The third-order valence-corrected chi connectivity index (χ3v) is 2.80. The Hall–Kier alpha value is -1.13. The summed E-state index contributed by atoms with van der Waals surface area (Å²) in [4.78, 5) is 0. The highest BCUT2D eigenvalue weighted by Gasteiger charge is 2.24. The predicted octanol–water partition coefficient (Wildman–Crippen LogP) is 1.80. The van der Waals surface area contributed by atoms with Crippen LogP contribution in [0.1, 0.15) is 17.2 Å². The molecular weight excluding hydrogens is 209 g/mol. The Morgan fingerprint density at radius 2 is 2.31 bits per heavy atom. The van der Waals surface area contributed by atoms with Gasteiger partial charge in [-0.05, 0) is 18.6 Å². The SMILES string of the molecule is COc1ccc(C)c(F)c1C1CNCCO1. The second kappa shape index (κ2) is 4.80. The number of hydrogen-bond donors (Lipinski definition) is 1. The maximum absolute atomic E-state index is 14.0. The molecule has 88 valence electrons. The zero-order chi connectivity index (χ0) is 11.5. The summed E-state index contributed by atoms with van der Waals surface area (Å²) in [5.41, 5.74) is 1.14. The van der Waals surface area contributed by atoms with Crippen LogP contribution in [-0.4, -0.2) is 26.8 Å². The van der Waals surface area contributed by atoms with E-state index < -0.39 is 0 Å². The van der Waals surface area contributed by atoms with Crippen LogP contribution in [0.25, 0.3) is 0 Å². The molecule has 0 spiro atoms. The molecule has 16 heavy (non-hydrogen) atoms. The number of halogens is 1. The number of hydrogen-bond acceptors (Lipinski definition) is 3. The summed E-state index contributed by atoms with van der Waals surface area (Å²) in [6.45, 7) is 3.78. The summed E-state index contributed by atoms with van der Waals surface area (Å²) in [5, 5.41) is 3.18. The minimum absolute atomic E-state index is 0.229. The van der Waals surface area contributed by atoms with Gasteiger partial charge < -0.3 is 14.8 Å². The maximum atomic E-state index is 14.0. The van der Waals surface area contributed by atoms with Crippen molar-refractivity contribution in [2.24, 2.45) is 0 Å². The molecule has 1 aliphatic heterocycles. The van der Waals surface area contributed by atoms with Gasteiger partial charge in [-0.25, -0.2) is 4.39 Å². The molecule has 0 radical (unpaired) electrons. The van der Waals surface area contributed by atoms with E-state index in [4.69, 9.17) is 9.47 Å². The fourth-order valence-electron chi connectivity index (χ4n) is 1.91. The highest BCUT2D eigenvalue weighted by molar-refractivity contribution is 5.40. The van der Waals surface area contributed by atoms with Crippen LogP contribution in [0.5, 0.6) is 5.75 Å². The average molecular weight is 225 g/mol. The molecule has 0 saturated carbocycles. The molecule has 0 amide bonds. The van der Waals surface area contributed by atoms with E-state index in [9.17, 15) is 4.39 Å². The first-order valence-corrected chi connectivity index (χ1v) is 5.39. The molecule has 1 fully saturated rings. The minimum atomic E-state index is -0.261. The molecule has 1 atom stereocenters. The number of ether oxygens (including phenoxy) is 2. The monoisotopic (exact) mass is 225 g/mol. The van der Waals surface area contributed by atoms with Crippen molar-refractivity contribution in [3.8, 4) is 5.75 Å². The molecule has 0 aliphatic carbocycles. The van der Waals surface area contributed by atoms with Crippen LogP contribution in [0.2, 0.25) is 0 Å². The maximum Gasteiger partial charge on any atom is 0.135 e. The Bertz CT molecular complexity index is 376. The summed E-state index contributed by atoms with van der Waals surface area (Å²) in [5.74, 6) is 0.324. The van der Waals surface area contributed by atoms with Crippen molar-refractivity contribution in [2.75, 3.05) is 26.8 Å². The van der Waals surface area contributed by atoms with E-state index in [-0.39, 0.29) is 11.9 Å². The van der Waals surface area contributed by atoms with E-state index in [1.54, 1.807) is 26.2 Å². The van der Waals surface area contributed by atoms with E-state index >= 15 is 0 Å². The van der Waals surface area contributed by atoms with Crippen molar-refractivity contribution in [2.45, 2.75) is 13.0 Å². The molecule has 2 rings (SSSR count). The zero-order valence-electron chi connectivity index (χ0n) is 9.55. The number of rotatable bonds is 2. The summed E-state index contributed by atoms with van der Waals surface area (Å²) < 4.78 is 24.8. The average Bonchev–Trinajstić information content (AvgIpc) is 2.33. The number of nitrogens with one attached hydrogen (secondary N) is 1. The van der Waals surface area contributed by atoms with Crippen LogP contribution < -0.4 is 10.1 Å². The topological polar surface area (TPSA) is 30.5 Å². The Morgan fingerprint density at radius 3 is 2.94 bits per heavy atom. The van der Waals surface area contributed by atoms with Crippen LogP contribution in [0.15, 0.2) is 12.1 Å². The lowest BCUT2D eigenvalue weighted by Crippen LogP contribution is -2.34. The van der Waals surface area contributed by atoms with Crippen molar-refractivity contribution in [3.05, 3.63) is 29.1 Å². The Morgan fingerprint density at radius 1 is 1.50 bits per heavy atom. The standard InChI is InChI=1S/C12H16FNO2/c1-8-3-4-9(15-2)11(12(8)13)10-7-14-5-6-16-10/h3-4,10,14H,5-7H2,1-2H3. The van der Waals surface area contributed by atoms with Crippen LogP contribution in [-0.2, 0) is 4.74 Å². The minimum Gasteiger partial charge on any atom is -0.496 e. The first-order chi connectivity index (χ1) is 7.74. The second-order valence-corrected chi connectivity index (χ2v) is 3.88. The van der Waals surface area contributed by atoms with Gasteiger partial charge in [-0.3, -0.25) is 0 Å². The van der Waals surface area contributed by atoms with Gasteiger partial charge in [0.25, 0.3) is 0 Å². The lowest BCUT2D eigenvalue weighted by Gasteiger charge is -2.26. The largest absolute Gasteiger partial charge is 0.496 e. The lowest BCUT2D eigenvalue weighted by molar-refractivity contribution is 0.0239. The molecule has 0 bridgehead atoms. The number of morpholine rings is 1. The number of benzene rings is 1. The molecule has 3 nitrogen and oxygen atoms in total. The van der Waals surface area contributed by atoms with E-state index in [1.807, 2.05) is 0 Å². The molecule has 0 aromatic heterocycles. The smallest absolute Gasteiger partial charge is 0.135 e. The van der Waals surface area contributed by atoms with Crippen molar-refractivity contribution >= 4 is 0 Å². The molecule has 1 saturated heterocycles. The van der Waals surface area contributed by atoms with E-state index in [0.29, 0.717) is 30.0 Å². The molecule has 1 aromatic rings. The van der Waals surface area contributed by atoms with Gasteiger partial charge in [-0.15, -0.1) is 0 Å². The highest BCUT2D eigenvalue weighted by atomic mass is 19.1. The van der Waals surface area contributed by atoms with Gasteiger partial charge in [0.2, 0.25) is 0 Å². The van der Waals surface area contributed by atoms with Crippen LogP contribution in [0, 0.1) is 12.7 Å². The van der Waals surface area contributed by atoms with Gasteiger partial charge in [-0.2, -0.15) is 0 Å². The summed E-state index contributed by atoms with van der Waals surface area (Å²) >= 11 is 0. The first-order valence-electron chi connectivity index (χ1n) is 5.39. The fraction of sp³-hybridized carbons (Fsp3) is 0.500. The van der Waals surface area contributed by atoms with Gasteiger partial charge in [0.05, 0.1) is 19.3 Å². The van der Waals surface area contributed by atoms with Gasteiger partial charge in [0.15, 0.2) is 0 Å². The van der Waals surface area contributed by atoms with Crippen molar-refractivity contribution in [3.63, 3.8) is 0 Å². The quantitative estimate of drug-likeness (QED) is 0.832. The Labute approximate surface area is 94.6 Å².